The molecule has 1 rings (SSSR count). The van der Waals surface area contributed by atoms with E-state index in [2.05, 4.69) is 10.1 Å². The highest BCUT2D eigenvalue weighted by Crippen LogP contribution is 2.29. The average Bonchev–Trinajstić information content (AvgIpc) is 2.70. The van der Waals surface area contributed by atoms with Crippen molar-refractivity contribution >= 4 is 28.9 Å². The van der Waals surface area contributed by atoms with Crippen molar-refractivity contribution in [3.8, 4) is 0 Å². The Morgan fingerprint density at radius 1 is 1.50 bits per heavy atom. The van der Waals surface area contributed by atoms with Crippen LogP contribution in [-0.2, 0) is 9.53 Å². The van der Waals surface area contributed by atoms with Gasteiger partial charge >= 0.3 is 5.97 Å². The van der Waals surface area contributed by atoms with Crippen molar-refractivity contribution in [2.24, 2.45) is 11.1 Å². The van der Waals surface area contributed by atoms with Crippen LogP contribution in [0.25, 0.3) is 0 Å². The predicted octanol–water partition coefficient (Wildman–Crippen LogP) is 1.77. The largest absolute Gasteiger partial charge is 0.465 e. The van der Waals surface area contributed by atoms with Crippen LogP contribution >= 0.6 is 11.3 Å². The molecule has 1 amide bonds. The summed E-state index contributed by atoms with van der Waals surface area (Å²) in [5.74, 6) is -0.661. The Labute approximate surface area is 110 Å². The van der Waals surface area contributed by atoms with Crippen LogP contribution in [0.4, 0.5) is 5.69 Å². The number of carbonyl (C=O) groups is 2. The van der Waals surface area contributed by atoms with E-state index in [1.54, 1.807) is 19.2 Å². The molecule has 1 aromatic heterocycles. The maximum atomic E-state index is 12.0. The van der Waals surface area contributed by atoms with Crippen molar-refractivity contribution in [3.05, 3.63) is 15.8 Å². The summed E-state index contributed by atoms with van der Waals surface area (Å²) in [6, 6.07) is 0. The second-order valence-electron chi connectivity index (χ2n) is 4.66. The Morgan fingerprint density at radius 3 is 2.61 bits per heavy atom. The topological polar surface area (TPSA) is 81.4 Å². The zero-order valence-electron chi connectivity index (χ0n) is 11.0. The van der Waals surface area contributed by atoms with Gasteiger partial charge < -0.3 is 15.8 Å². The van der Waals surface area contributed by atoms with Gasteiger partial charge in [0.1, 0.15) is 4.88 Å². The van der Waals surface area contributed by atoms with Gasteiger partial charge in [-0.3, -0.25) is 4.79 Å². The highest BCUT2D eigenvalue weighted by Gasteiger charge is 2.28. The fourth-order valence-electron chi connectivity index (χ4n) is 1.22. The number of ether oxygens (including phenoxy) is 1. The van der Waals surface area contributed by atoms with Gasteiger partial charge in [0.05, 0.1) is 18.2 Å². The van der Waals surface area contributed by atoms with Crippen LogP contribution in [-0.4, -0.2) is 25.5 Å². The number of amides is 1. The van der Waals surface area contributed by atoms with Crippen LogP contribution in [0.3, 0.4) is 0 Å². The van der Waals surface area contributed by atoms with Gasteiger partial charge in [0, 0.05) is 6.54 Å². The van der Waals surface area contributed by atoms with Gasteiger partial charge in [-0.1, -0.05) is 0 Å². The van der Waals surface area contributed by atoms with Crippen molar-refractivity contribution in [3.63, 3.8) is 0 Å². The molecule has 18 heavy (non-hydrogen) atoms. The number of nitrogens with one attached hydrogen (secondary N) is 1. The normalized spacial score (nSPS) is 11.2. The van der Waals surface area contributed by atoms with Gasteiger partial charge in [0.25, 0.3) is 0 Å². The van der Waals surface area contributed by atoms with Crippen LogP contribution < -0.4 is 11.1 Å². The van der Waals surface area contributed by atoms with E-state index < -0.39 is 11.4 Å². The molecule has 0 spiro atoms. The minimum absolute atomic E-state index is 0.211. The number of anilines is 1. The minimum Gasteiger partial charge on any atom is -0.465 e. The SMILES string of the molecule is COC(=O)c1scc(C)c1NC(=O)C(C)(C)CN. The van der Waals surface area contributed by atoms with Crippen molar-refractivity contribution < 1.29 is 14.3 Å². The Kier molecular flexibility index (Phi) is 4.48. The molecule has 0 aliphatic rings. The lowest BCUT2D eigenvalue weighted by atomic mass is 9.92. The molecule has 0 unspecified atom stereocenters. The molecule has 0 aromatic carbocycles. The third kappa shape index (κ3) is 2.88. The fraction of sp³-hybridized carbons (Fsp3) is 0.500. The summed E-state index contributed by atoms with van der Waals surface area (Å²) >= 11 is 1.25. The average molecular weight is 270 g/mol. The molecule has 0 saturated carbocycles. The molecule has 0 saturated heterocycles. The van der Waals surface area contributed by atoms with E-state index in [9.17, 15) is 9.59 Å². The van der Waals surface area contributed by atoms with E-state index in [1.165, 1.54) is 18.4 Å². The summed E-state index contributed by atoms with van der Waals surface area (Å²) < 4.78 is 4.68. The van der Waals surface area contributed by atoms with Crippen LogP contribution in [0.5, 0.6) is 0 Å². The fourth-order valence-corrected chi connectivity index (χ4v) is 2.14. The lowest BCUT2D eigenvalue weighted by molar-refractivity contribution is -0.123. The lowest BCUT2D eigenvalue weighted by Gasteiger charge is -2.21. The number of carbonyl (C=O) groups excluding carboxylic acids is 2. The highest BCUT2D eigenvalue weighted by atomic mass is 32.1. The first-order chi connectivity index (χ1) is 8.33. The summed E-state index contributed by atoms with van der Waals surface area (Å²) in [6.07, 6.45) is 0. The second-order valence-corrected chi connectivity index (χ2v) is 5.54. The Balaban J connectivity index is 3.01. The second kappa shape index (κ2) is 5.49. The molecule has 1 aromatic rings. The number of thiophene rings is 1. The zero-order valence-corrected chi connectivity index (χ0v) is 11.8. The van der Waals surface area contributed by atoms with Crippen LogP contribution in [0, 0.1) is 12.3 Å². The highest BCUT2D eigenvalue weighted by molar-refractivity contribution is 7.12. The molecule has 5 nitrogen and oxygen atoms in total. The van der Waals surface area contributed by atoms with Crippen LogP contribution in [0.1, 0.15) is 29.1 Å². The minimum atomic E-state index is -0.679. The third-order valence-electron chi connectivity index (χ3n) is 2.71. The standard InChI is InChI=1S/C12H18N2O3S/c1-7-5-18-9(10(15)17-4)8(7)14-11(16)12(2,3)6-13/h5H,6,13H2,1-4H3,(H,14,16). The molecular weight excluding hydrogens is 252 g/mol. The molecule has 100 valence electrons. The monoisotopic (exact) mass is 270 g/mol. The number of rotatable bonds is 4. The molecule has 0 atom stereocenters. The summed E-state index contributed by atoms with van der Waals surface area (Å²) in [6.45, 7) is 5.56. The molecule has 0 bridgehead atoms. The van der Waals surface area contributed by atoms with E-state index in [0.717, 1.165) is 5.56 Å². The maximum Gasteiger partial charge on any atom is 0.350 e. The van der Waals surface area contributed by atoms with E-state index in [0.29, 0.717) is 10.6 Å². The Morgan fingerprint density at radius 2 is 2.11 bits per heavy atom. The molecule has 0 fully saturated rings. The maximum absolute atomic E-state index is 12.0. The van der Waals surface area contributed by atoms with Gasteiger partial charge in [-0.25, -0.2) is 4.79 Å². The molecular formula is C12H18N2O3S. The first-order valence-electron chi connectivity index (χ1n) is 5.51. The predicted molar refractivity (Wildman–Crippen MR) is 71.9 cm³/mol. The van der Waals surface area contributed by atoms with E-state index >= 15 is 0 Å². The number of methoxy groups -OCH3 is 1. The molecule has 1 heterocycles. The van der Waals surface area contributed by atoms with E-state index in [1.807, 2.05) is 6.92 Å². The van der Waals surface area contributed by atoms with Crippen molar-refractivity contribution in [2.75, 3.05) is 19.0 Å². The van der Waals surface area contributed by atoms with Gasteiger partial charge in [0.15, 0.2) is 0 Å². The Bertz CT molecular complexity index is 466. The van der Waals surface area contributed by atoms with Crippen LogP contribution in [0.2, 0.25) is 0 Å². The summed E-state index contributed by atoms with van der Waals surface area (Å²) in [7, 11) is 1.31. The molecule has 0 aliphatic heterocycles. The quantitative estimate of drug-likeness (QED) is 0.817. The van der Waals surface area contributed by atoms with Gasteiger partial charge in [-0.15, -0.1) is 11.3 Å². The Hall–Kier alpha value is -1.40. The van der Waals surface area contributed by atoms with E-state index in [-0.39, 0.29) is 12.5 Å². The number of hydrogen-bond donors (Lipinski definition) is 2. The van der Waals surface area contributed by atoms with Crippen molar-refractivity contribution in [1.82, 2.24) is 0 Å². The first kappa shape index (κ1) is 14.7. The van der Waals surface area contributed by atoms with Gasteiger partial charge in [0.2, 0.25) is 5.91 Å². The first-order valence-corrected chi connectivity index (χ1v) is 6.39. The summed E-state index contributed by atoms with van der Waals surface area (Å²) in [5.41, 5.74) is 6.22. The summed E-state index contributed by atoms with van der Waals surface area (Å²) in [4.78, 5) is 24.0. The van der Waals surface area contributed by atoms with Gasteiger partial charge in [-0.05, 0) is 31.7 Å². The zero-order chi connectivity index (χ0) is 13.9. The number of nitrogens with two attached hydrogens (primary N) is 1. The number of aryl methyl sites for hydroxylation is 1. The number of hydrogen-bond acceptors (Lipinski definition) is 5. The molecule has 6 heteroatoms. The molecule has 0 aliphatic carbocycles. The van der Waals surface area contributed by atoms with Crippen LogP contribution in [0.15, 0.2) is 5.38 Å². The third-order valence-corrected chi connectivity index (χ3v) is 3.79. The summed E-state index contributed by atoms with van der Waals surface area (Å²) in [5, 5.41) is 4.56. The van der Waals surface area contributed by atoms with Gasteiger partial charge in [-0.2, -0.15) is 0 Å². The number of esters is 1. The van der Waals surface area contributed by atoms with Crippen molar-refractivity contribution in [1.29, 1.82) is 0 Å². The van der Waals surface area contributed by atoms with E-state index in [4.69, 9.17) is 5.73 Å². The smallest absolute Gasteiger partial charge is 0.350 e. The lowest BCUT2D eigenvalue weighted by Crippen LogP contribution is -2.37. The molecule has 0 radical (unpaired) electrons. The molecule has 3 N–H and O–H groups in total. The van der Waals surface area contributed by atoms with Crippen molar-refractivity contribution in [2.45, 2.75) is 20.8 Å².